The fourth-order valence-corrected chi connectivity index (χ4v) is 4.82. The Morgan fingerprint density at radius 2 is 1.88 bits per heavy atom. The van der Waals surface area contributed by atoms with Gasteiger partial charge in [-0.2, -0.15) is 0 Å². The summed E-state index contributed by atoms with van der Waals surface area (Å²) in [5.74, 6) is 2.31. The van der Waals surface area contributed by atoms with Crippen LogP contribution in [-0.2, 0) is 5.54 Å². The lowest BCUT2D eigenvalue weighted by Crippen LogP contribution is -2.46. The molecule has 1 fully saturated rings. The van der Waals surface area contributed by atoms with Crippen LogP contribution in [0.15, 0.2) is 59.6 Å². The first-order valence-corrected chi connectivity index (χ1v) is 11.5. The second-order valence-electron chi connectivity index (χ2n) is 9.42. The van der Waals surface area contributed by atoms with Crippen LogP contribution in [0.2, 0.25) is 0 Å². The molecule has 0 saturated carbocycles. The average molecular weight is 435 g/mol. The molecule has 0 radical (unpaired) electrons. The van der Waals surface area contributed by atoms with Gasteiger partial charge in [0.1, 0.15) is 11.3 Å². The van der Waals surface area contributed by atoms with Gasteiger partial charge in [-0.25, -0.2) is 4.99 Å². The highest BCUT2D eigenvalue weighted by atomic mass is 16.5. The summed E-state index contributed by atoms with van der Waals surface area (Å²) in [7, 11) is 1.99. The quantitative estimate of drug-likeness (QED) is 0.752. The normalized spacial score (nSPS) is 21.7. The van der Waals surface area contributed by atoms with E-state index in [1.807, 2.05) is 59.3 Å². The van der Waals surface area contributed by atoms with Gasteiger partial charge < -0.3 is 20.3 Å². The Morgan fingerprint density at radius 1 is 1.16 bits per heavy atom. The monoisotopic (exact) mass is 434 g/mol. The van der Waals surface area contributed by atoms with Crippen LogP contribution in [0, 0.1) is 11.8 Å². The molecular formula is C26H34N4O2. The molecule has 2 heterocycles. The van der Waals surface area contributed by atoms with Gasteiger partial charge in [0.2, 0.25) is 0 Å². The molecule has 2 aliphatic heterocycles. The van der Waals surface area contributed by atoms with Crippen LogP contribution in [-0.4, -0.2) is 55.0 Å². The van der Waals surface area contributed by atoms with Crippen molar-refractivity contribution in [1.29, 1.82) is 0 Å². The van der Waals surface area contributed by atoms with Crippen LogP contribution in [0.5, 0.6) is 5.75 Å². The van der Waals surface area contributed by atoms with E-state index in [1.54, 1.807) is 0 Å². The van der Waals surface area contributed by atoms with Crippen molar-refractivity contribution in [2.75, 3.05) is 33.3 Å². The highest BCUT2D eigenvalue weighted by Crippen LogP contribution is 2.44. The second kappa shape index (κ2) is 9.23. The number of carbonyl (C=O) groups is 1. The Morgan fingerprint density at radius 3 is 2.50 bits per heavy atom. The maximum absolute atomic E-state index is 12.9. The van der Waals surface area contributed by atoms with Gasteiger partial charge in [0.05, 0.1) is 13.2 Å². The highest BCUT2D eigenvalue weighted by molar-refractivity contribution is 5.94. The van der Waals surface area contributed by atoms with Crippen molar-refractivity contribution in [2.24, 2.45) is 22.6 Å². The maximum Gasteiger partial charge on any atom is 0.253 e. The van der Waals surface area contributed by atoms with Crippen LogP contribution in [0.3, 0.4) is 0 Å². The summed E-state index contributed by atoms with van der Waals surface area (Å²) in [6, 6.07) is 17.8. The number of benzene rings is 2. The van der Waals surface area contributed by atoms with Crippen molar-refractivity contribution >= 4 is 11.9 Å². The van der Waals surface area contributed by atoms with Crippen molar-refractivity contribution in [3.8, 4) is 5.75 Å². The van der Waals surface area contributed by atoms with E-state index in [0.717, 1.165) is 49.4 Å². The summed E-state index contributed by atoms with van der Waals surface area (Å²) in [5, 5.41) is 0. The van der Waals surface area contributed by atoms with Crippen LogP contribution in [0.1, 0.15) is 42.6 Å². The van der Waals surface area contributed by atoms with Gasteiger partial charge in [0.15, 0.2) is 5.96 Å². The minimum Gasteiger partial charge on any atom is -0.493 e. The molecule has 1 atom stereocenters. The first-order chi connectivity index (χ1) is 15.4. The summed E-state index contributed by atoms with van der Waals surface area (Å²) in [6.07, 6.45) is 1.78. The molecule has 2 aliphatic rings. The third-order valence-electron chi connectivity index (χ3n) is 6.58. The molecule has 1 amide bonds. The fraction of sp³-hybridized carbons (Fsp3) is 0.462. The number of guanidine groups is 1. The Hall–Kier alpha value is -3.02. The maximum atomic E-state index is 12.9. The van der Waals surface area contributed by atoms with Gasteiger partial charge in [-0.3, -0.25) is 4.79 Å². The molecule has 6 heteroatoms. The summed E-state index contributed by atoms with van der Waals surface area (Å²) >= 11 is 0. The molecule has 0 bridgehead atoms. The predicted molar refractivity (Wildman–Crippen MR) is 128 cm³/mol. The lowest BCUT2D eigenvalue weighted by molar-refractivity contribution is 0.0634. The van der Waals surface area contributed by atoms with Gasteiger partial charge in [-0.15, -0.1) is 0 Å². The zero-order chi connectivity index (χ0) is 22.7. The molecule has 1 saturated heterocycles. The highest BCUT2D eigenvalue weighted by Gasteiger charge is 2.47. The number of rotatable bonds is 6. The molecule has 4 rings (SSSR count). The number of amides is 1. The van der Waals surface area contributed by atoms with Crippen LogP contribution in [0.4, 0.5) is 0 Å². The standard InChI is InChI=1S/C26H34N4O2/c1-19(2)17-32-23-11-7-10-22(16-23)26(18-29(3)25(27)28-26)21-12-14-30(15-13-21)24(31)20-8-5-4-6-9-20/h4-11,16,19,21H,12-15,17-18H2,1-3H3,(H2,27,28). The Labute approximate surface area is 191 Å². The molecule has 6 nitrogen and oxygen atoms in total. The zero-order valence-corrected chi connectivity index (χ0v) is 19.3. The van der Waals surface area contributed by atoms with Gasteiger partial charge in [0.25, 0.3) is 5.91 Å². The molecule has 170 valence electrons. The molecule has 32 heavy (non-hydrogen) atoms. The predicted octanol–water partition coefficient (Wildman–Crippen LogP) is 3.73. The van der Waals surface area contributed by atoms with Gasteiger partial charge in [-0.05, 0) is 54.5 Å². The molecule has 2 aromatic rings. The number of nitrogens with two attached hydrogens (primary N) is 1. The number of nitrogens with zero attached hydrogens (tertiary/aromatic N) is 3. The third-order valence-corrected chi connectivity index (χ3v) is 6.58. The number of carbonyl (C=O) groups excluding carboxylic acids is 1. The Kier molecular flexibility index (Phi) is 6.40. The van der Waals surface area contributed by atoms with Crippen molar-refractivity contribution in [3.63, 3.8) is 0 Å². The number of hydrogen-bond acceptors (Lipinski definition) is 5. The topological polar surface area (TPSA) is 71.2 Å². The van der Waals surface area contributed by atoms with Crippen molar-refractivity contribution < 1.29 is 9.53 Å². The van der Waals surface area contributed by atoms with Crippen LogP contribution < -0.4 is 10.5 Å². The van der Waals surface area contributed by atoms with E-state index in [-0.39, 0.29) is 5.91 Å². The van der Waals surface area contributed by atoms with Gasteiger partial charge in [0, 0.05) is 25.7 Å². The van der Waals surface area contributed by atoms with Crippen LogP contribution in [0.25, 0.3) is 0 Å². The van der Waals surface area contributed by atoms with Crippen LogP contribution >= 0.6 is 0 Å². The van der Waals surface area contributed by atoms with E-state index in [4.69, 9.17) is 15.5 Å². The lowest BCUT2D eigenvalue weighted by Gasteiger charge is -2.41. The Bertz CT molecular complexity index is 967. The number of likely N-dealkylation sites (tertiary alicyclic amines) is 1. The molecule has 2 N–H and O–H groups in total. The average Bonchev–Trinajstić information content (AvgIpc) is 3.13. The van der Waals surface area contributed by atoms with Gasteiger partial charge in [-0.1, -0.05) is 44.2 Å². The number of likely N-dealkylation sites (N-methyl/N-ethyl adjacent to an activating group) is 1. The fourth-order valence-electron chi connectivity index (χ4n) is 4.82. The molecule has 0 spiro atoms. The first-order valence-electron chi connectivity index (χ1n) is 11.5. The minimum absolute atomic E-state index is 0.105. The molecule has 1 unspecified atom stereocenters. The molecular weight excluding hydrogens is 400 g/mol. The van der Waals surface area contributed by atoms with E-state index in [9.17, 15) is 4.79 Å². The second-order valence-corrected chi connectivity index (χ2v) is 9.42. The molecule has 2 aromatic carbocycles. The third kappa shape index (κ3) is 4.45. The van der Waals surface area contributed by atoms with E-state index in [0.29, 0.717) is 24.4 Å². The van der Waals surface area contributed by atoms with Crippen molar-refractivity contribution in [3.05, 3.63) is 65.7 Å². The van der Waals surface area contributed by atoms with Crippen molar-refractivity contribution in [2.45, 2.75) is 32.2 Å². The summed E-state index contributed by atoms with van der Waals surface area (Å²) in [5.41, 5.74) is 7.73. The number of piperidine rings is 1. The lowest BCUT2D eigenvalue weighted by atomic mass is 9.73. The van der Waals surface area contributed by atoms with Crippen molar-refractivity contribution in [1.82, 2.24) is 9.80 Å². The number of hydrogen-bond donors (Lipinski definition) is 1. The zero-order valence-electron chi connectivity index (χ0n) is 19.3. The number of aliphatic imine (C=N–C) groups is 1. The Balaban J connectivity index is 1.55. The molecule has 0 aliphatic carbocycles. The van der Waals surface area contributed by atoms with E-state index in [1.165, 1.54) is 0 Å². The first kappa shape index (κ1) is 22.2. The summed E-state index contributed by atoms with van der Waals surface area (Å²) in [6.45, 7) is 7.16. The molecule has 0 aromatic heterocycles. The van der Waals surface area contributed by atoms with Gasteiger partial charge >= 0.3 is 0 Å². The smallest absolute Gasteiger partial charge is 0.253 e. The minimum atomic E-state index is -0.419. The van der Waals surface area contributed by atoms with E-state index < -0.39 is 5.54 Å². The largest absolute Gasteiger partial charge is 0.493 e. The summed E-state index contributed by atoms with van der Waals surface area (Å²) in [4.78, 5) is 21.9. The van der Waals surface area contributed by atoms with E-state index in [2.05, 4.69) is 26.0 Å². The van der Waals surface area contributed by atoms with E-state index >= 15 is 0 Å². The SMILES string of the molecule is CC(C)COc1cccc(C2(C3CCN(C(=O)c4ccccc4)CC3)CN(C)C(N)=N2)c1. The number of ether oxygens (including phenoxy) is 1. The summed E-state index contributed by atoms with van der Waals surface area (Å²) < 4.78 is 6.00.